The van der Waals surface area contributed by atoms with Crippen molar-refractivity contribution in [3.63, 3.8) is 0 Å². The van der Waals surface area contributed by atoms with E-state index in [1.165, 1.54) is 11.3 Å². The molecule has 2 aromatic rings. The Hall–Kier alpha value is -2.08. The van der Waals surface area contributed by atoms with Crippen LogP contribution in [-0.4, -0.2) is 17.3 Å². The molecule has 0 radical (unpaired) electrons. The van der Waals surface area contributed by atoms with Gasteiger partial charge in [0.2, 0.25) is 5.13 Å². The molecule has 20 heavy (non-hydrogen) atoms. The van der Waals surface area contributed by atoms with Crippen LogP contribution in [0.4, 0.5) is 10.9 Å². The Morgan fingerprint density at radius 3 is 2.80 bits per heavy atom. The molecule has 5 nitrogen and oxygen atoms in total. The minimum atomic E-state index is 0.228. The van der Waals surface area contributed by atoms with E-state index in [0.717, 1.165) is 17.7 Å². The lowest BCUT2D eigenvalue weighted by Gasteiger charge is -2.12. The Kier molecular flexibility index (Phi) is 4.95. The highest BCUT2D eigenvalue weighted by Crippen LogP contribution is 2.16. The summed E-state index contributed by atoms with van der Waals surface area (Å²) in [6.07, 6.45) is 2.95. The Labute approximate surface area is 122 Å². The summed E-state index contributed by atoms with van der Waals surface area (Å²) in [4.78, 5) is 4.05. The summed E-state index contributed by atoms with van der Waals surface area (Å²) in [6, 6.07) is 7.79. The molecule has 0 bridgehead atoms. The van der Waals surface area contributed by atoms with E-state index in [1.54, 1.807) is 11.6 Å². The van der Waals surface area contributed by atoms with Crippen molar-refractivity contribution in [2.45, 2.75) is 26.4 Å². The standard InChI is InChI=1S/C14H18N4OS/c1-3-10(2)19-12-6-4-11(5-7-12)8-16-18-14-17-13(15)9-20-14/h4-10H,3,15H2,1-2H3,(H,17,18). The first kappa shape index (κ1) is 14.3. The van der Waals surface area contributed by atoms with Crippen LogP contribution in [0.1, 0.15) is 25.8 Å². The predicted octanol–water partition coefficient (Wildman–Crippen LogP) is 3.35. The Morgan fingerprint density at radius 2 is 2.20 bits per heavy atom. The Balaban J connectivity index is 1.90. The number of aromatic nitrogens is 1. The molecule has 1 aromatic heterocycles. The lowest BCUT2D eigenvalue weighted by molar-refractivity contribution is 0.217. The maximum atomic E-state index is 5.71. The van der Waals surface area contributed by atoms with Crippen molar-refractivity contribution >= 4 is 28.5 Å². The fourth-order valence-electron chi connectivity index (χ4n) is 1.45. The van der Waals surface area contributed by atoms with Crippen molar-refractivity contribution in [2.24, 2.45) is 5.10 Å². The third kappa shape index (κ3) is 4.24. The van der Waals surface area contributed by atoms with Gasteiger partial charge in [0, 0.05) is 5.38 Å². The fourth-order valence-corrected chi connectivity index (χ4v) is 2.00. The van der Waals surface area contributed by atoms with Crippen molar-refractivity contribution in [3.05, 3.63) is 35.2 Å². The van der Waals surface area contributed by atoms with E-state index >= 15 is 0 Å². The molecular weight excluding hydrogens is 272 g/mol. The third-order valence-corrected chi connectivity index (χ3v) is 3.45. The van der Waals surface area contributed by atoms with Gasteiger partial charge in [0.25, 0.3) is 0 Å². The Morgan fingerprint density at radius 1 is 1.45 bits per heavy atom. The molecule has 0 saturated carbocycles. The Bertz CT molecular complexity index is 565. The van der Waals surface area contributed by atoms with Crippen LogP contribution in [0.2, 0.25) is 0 Å². The molecule has 0 saturated heterocycles. The molecule has 1 unspecified atom stereocenters. The number of benzene rings is 1. The van der Waals surface area contributed by atoms with E-state index in [0.29, 0.717) is 10.9 Å². The number of nitrogens with one attached hydrogen (secondary N) is 1. The lowest BCUT2D eigenvalue weighted by atomic mass is 10.2. The largest absolute Gasteiger partial charge is 0.491 e. The van der Waals surface area contributed by atoms with Crippen molar-refractivity contribution in [3.8, 4) is 5.75 Å². The number of ether oxygens (including phenoxy) is 1. The zero-order valence-corrected chi connectivity index (χ0v) is 12.4. The molecule has 1 heterocycles. The molecule has 106 valence electrons. The SMILES string of the molecule is CCC(C)Oc1ccc(C=NNc2nc(N)cs2)cc1. The summed E-state index contributed by atoms with van der Waals surface area (Å²) >= 11 is 1.42. The maximum Gasteiger partial charge on any atom is 0.205 e. The van der Waals surface area contributed by atoms with E-state index < -0.39 is 0 Å². The molecular formula is C14H18N4OS. The molecule has 1 atom stereocenters. The summed E-state index contributed by atoms with van der Waals surface area (Å²) in [6.45, 7) is 4.15. The van der Waals surface area contributed by atoms with E-state index in [9.17, 15) is 0 Å². The van der Waals surface area contributed by atoms with E-state index in [2.05, 4.69) is 29.4 Å². The minimum absolute atomic E-state index is 0.228. The summed E-state index contributed by atoms with van der Waals surface area (Å²) in [5, 5.41) is 6.55. The average molecular weight is 290 g/mol. The molecule has 0 fully saturated rings. The topological polar surface area (TPSA) is 72.5 Å². The van der Waals surface area contributed by atoms with Gasteiger partial charge in [-0.25, -0.2) is 4.98 Å². The van der Waals surface area contributed by atoms with Crippen LogP contribution < -0.4 is 15.9 Å². The zero-order valence-electron chi connectivity index (χ0n) is 11.5. The lowest BCUT2D eigenvalue weighted by Crippen LogP contribution is -2.09. The van der Waals surface area contributed by atoms with Gasteiger partial charge in [0.05, 0.1) is 12.3 Å². The summed E-state index contributed by atoms with van der Waals surface area (Å²) in [5.74, 6) is 1.37. The van der Waals surface area contributed by atoms with E-state index in [4.69, 9.17) is 10.5 Å². The molecule has 6 heteroatoms. The average Bonchev–Trinajstić information content (AvgIpc) is 2.86. The van der Waals surface area contributed by atoms with Crippen molar-refractivity contribution in [2.75, 3.05) is 11.2 Å². The van der Waals surface area contributed by atoms with Gasteiger partial charge >= 0.3 is 0 Å². The molecule has 1 aromatic carbocycles. The van der Waals surface area contributed by atoms with Crippen LogP contribution in [0.25, 0.3) is 0 Å². The van der Waals surface area contributed by atoms with E-state index in [1.807, 2.05) is 24.3 Å². The van der Waals surface area contributed by atoms with Gasteiger partial charge in [-0.15, -0.1) is 11.3 Å². The maximum absolute atomic E-state index is 5.71. The summed E-state index contributed by atoms with van der Waals surface area (Å²) in [7, 11) is 0. The first-order valence-corrected chi connectivity index (χ1v) is 7.32. The zero-order chi connectivity index (χ0) is 14.4. The van der Waals surface area contributed by atoms with Crippen molar-refractivity contribution in [1.82, 2.24) is 4.98 Å². The smallest absolute Gasteiger partial charge is 0.205 e. The highest BCUT2D eigenvalue weighted by atomic mass is 32.1. The number of hydrogen-bond acceptors (Lipinski definition) is 6. The fraction of sp³-hybridized carbons (Fsp3) is 0.286. The molecule has 0 spiro atoms. The predicted molar refractivity (Wildman–Crippen MR) is 84.6 cm³/mol. The monoisotopic (exact) mass is 290 g/mol. The van der Waals surface area contributed by atoms with Crippen molar-refractivity contribution in [1.29, 1.82) is 0 Å². The molecule has 3 N–H and O–H groups in total. The second kappa shape index (κ2) is 6.91. The quantitative estimate of drug-likeness (QED) is 0.632. The number of nitrogens with two attached hydrogens (primary N) is 1. The highest BCUT2D eigenvalue weighted by molar-refractivity contribution is 7.14. The van der Waals surface area contributed by atoms with Crippen LogP contribution in [0.5, 0.6) is 5.75 Å². The normalized spacial score (nSPS) is 12.5. The van der Waals surface area contributed by atoms with Gasteiger partial charge in [-0.05, 0) is 43.2 Å². The van der Waals surface area contributed by atoms with Gasteiger partial charge in [-0.3, -0.25) is 5.43 Å². The molecule has 0 aliphatic rings. The first-order chi connectivity index (χ1) is 9.67. The number of nitrogens with zero attached hydrogens (tertiary/aromatic N) is 2. The van der Waals surface area contributed by atoms with Crippen LogP contribution in [0.15, 0.2) is 34.7 Å². The second-order valence-electron chi connectivity index (χ2n) is 4.35. The second-order valence-corrected chi connectivity index (χ2v) is 5.21. The van der Waals surface area contributed by atoms with Crippen LogP contribution in [0, 0.1) is 0 Å². The van der Waals surface area contributed by atoms with Gasteiger partial charge in [0.1, 0.15) is 11.6 Å². The number of rotatable bonds is 6. The van der Waals surface area contributed by atoms with Gasteiger partial charge in [-0.2, -0.15) is 5.10 Å². The highest BCUT2D eigenvalue weighted by Gasteiger charge is 2.00. The molecule has 0 aliphatic heterocycles. The number of thiazole rings is 1. The number of hydrogen-bond donors (Lipinski definition) is 2. The van der Waals surface area contributed by atoms with Gasteiger partial charge in [-0.1, -0.05) is 6.92 Å². The van der Waals surface area contributed by atoms with Crippen molar-refractivity contribution < 1.29 is 4.74 Å². The number of anilines is 2. The summed E-state index contributed by atoms with van der Waals surface area (Å²) < 4.78 is 5.71. The van der Waals surface area contributed by atoms with Crippen LogP contribution in [0.3, 0.4) is 0 Å². The molecule has 2 rings (SSSR count). The van der Waals surface area contributed by atoms with Crippen LogP contribution >= 0.6 is 11.3 Å². The molecule has 0 aliphatic carbocycles. The van der Waals surface area contributed by atoms with Gasteiger partial charge in [0.15, 0.2) is 0 Å². The van der Waals surface area contributed by atoms with Gasteiger partial charge < -0.3 is 10.5 Å². The number of nitrogen functional groups attached to an aromatic ring is 1. The number of hydrazone groups is 1. The minimum Gasteiger partial charge on any atom is -0.491 e. The van der Waals surface area contributed by atoms with Crippen LogP contribution in [-0.2, 0) is 0 Å². The molecule has 0 amide bonds. The third-order valence-electron chi connectivity index (χ3n) is 2.69. The first-order valence-electron chi connectivity index (χ1n) is 6.44. The van der Waals surface area contributed by atoms with E-state index in [-0.39, 0.29) is 6.10 Å². The summed E-state index contributed by atoms with van der Waals surface area (Å²) in [5.41, 5.74) is 9.34.